The summed E-state index contributed by atoms with van der Waals surface area (Å²) in [6.45, 7) is 2.69. The molecule has 1 fully saturated rings. The Morgan fingerprint density at radius 2 is 2.33 bits per heavy atom. The predicted molar refractivity (Wildman–Crippen MR) is 72.9 cm³/mol. The summed E-state index contributed by atoms with van der Waals surface area (Å²) in [5.74, 6) is -0.876. The first-order valence-electron chi connectivity index (χ1n) is 5.76. The van der Waals surface area contributed by atoms with E-state index in [1.807, 2.05) is 18.4 Å². The summed E-state index contributed by atoms with van der Waals surface area (Å²) in [5.41, 5.74) is -0.764. The fourth-order valence-electron chi connectivity index (χ4n) is 2.25. The zero-order chi connectivity index (χ0) is 13.3. The lowest BCUT2D eigenvalue weighted by atomic mass is 9.84. The summed E-state index contributed by atoms with van der Waals surface area (Å²) >= 11 is 4.71. The molecule has 4 nitrogen and oxygen atoms in total. The molecule has 0 aliphatic carbocycles. The van der Waals surface area contributed by atoms with Crippen molar-refractivity contribution >= 4 is 39.1 Å². The number of likely N-dealkylation sites (tertiary alicyclic amines) is 1. The van der Waals surface area contributed by atoms with E-state index < -0.39 is 11.4 Å². The summed E-state index contributed by atoms with van der Waals surface area (Å²) in [5, 5.41) is 11.1. The molecule has 1 atom stereocenters. The average molecular weight is 332 g/mol. The van der Waals surface area contributed by atoms with Crippen molar-refractivity contribution < 1.29 is 14.7 Å². The van der Waals surface area contributed by atoms with Crippen molar-refractivity contribution in [1.29, 1.82) is 0 Å². The Morgan fingerprint density at radius 1 is 1.61 bits per heavy atom. The zero-order valence-corrected chi connectivity index (χ0v) is 12.4. The molecule has 1 aliphatic heterocycles. The number of thiophene rings is 1. The maximum absolute atomic E-state index is 12.3. The molecular weight excluding hydrogens is 318 g/mol. The minimum atomic E-state index is -0.800. The number of aliphatic carboxylic acids is 1. The Labute approximate surface area is 118 Å². The average Bonchev–Trinajstić information content (AvgIpc) is 2.95. The highest BCUT2D eigenvalue weighted by molar-refractivity contribution is 9.10. The van der Waals surface area contributed by atoms with Crippen molar-refractivity contribution in [3.05, 3.63) is 20.8 Å². The lowest BCUT2D eigenvalue weighted by molar-refractivity contribution is -0.148. The van der Waals surface area contributed by atoms with Crippen LogP contribution in [0.5, 0.6) is 0 Å². The Hall–Kier alpha value is -0.880. The fraction of sp³-hybridized carbons (Fsp3) is 0.500. The highest BCUT2D eigenvalue weighted by atomic mass is 79.9. The van der Waals surface area contributed by atoms with Gasteiger partial charge in [-0.1, -0.05) is 6.92 Å². The number of carboxylic acids is 1. The van der Waals surface area contributed by atoms with Crippen molar-refractivity contribution in [2.24, 2.45) is 5.41 Å². The first-order chi connectivity index (χ1) is 8.50. The largest absolute Gasteiger partial charge is 0.481 e. The molecule has 2 heterocycles. The number of carbonyl (C=O) groups is 2. The van der Waals surface area contributed by atoms with Crippen LogP contribution in [0.1, 0.15) is 29.4 Å². The van der Waals surface area contributed by atoms with Gasteiger partial charge in [-0.15, -0.1) is 11.3 Å². The van der Waals surface area contributed by atoms with Gasteiger partial charge in [0, 0.05) is 17.6 Å². The number of amides is 1. The van der Waals surface area contributed by atoms with Crippen molar-refractivity contribution in [3.8, 4) is 0 Å². The van der Waals surface area contributed by atoms with E-state index in [4.69, 9.17) is 0 Å². The van der Waals surface area contributed by atoms with E-state index in [9.17, 15) is 14.7 Å². The number of hydrogen-bond acceptors (Lipinski definition) is 3. The van der Waals surface area contributed by atoms with Crippen LogP contribution in [-0.4, -0.2) is 35.0 Å². The molecular formula is C12H14BrNO3S. The van der Waals surface area contributed by atoms with E-state index in [1.165, 1.54) is 11.3 Å². The normalized spacial score (nSPS) is 23.3. The maximum Gasteiger partial charge on any atom is 0.311 e. The van der Waals surface area contributed by atoms with Gasteiger partial charge >= 0.3 is 5.97 Å². The van der Waals surface area contributed by atoms with Crippen LogP contribution < -0.4 is 0 Å². The Balaban J connectivity index is 2.17. The molecule has 1 saturated heterocycles. The van der Waals surface area contributed by atoms with Gasteiger partial charge in [0.05, 0.1) is 5.41 Å². The molecule has 1 N–H and O–H groups in total. The molecule has 1 unspecified atom stereocenters. The van der Waals surface area contributed by atoms with Crippen LogP contribution in [0.25, 0.3) is 0 Å². The minimum absolute atomic E-state index is 0.0755. The molecule has 98 valence electrons. The third kappa shape index (κ3) is 2.19. The molecule has 1 aliphatic rings. The molecule has 18 heavy (non-hydrogen) atoms. The van der Waals surface area contributed by atoms with Crippen LogP contribution in [0.15, 0.2) is 15.9 Å². The van der Waals surface area contributed by atoms with Crippen LogP contribution in [-0.2, 0) is 4.79 Å². The first-order valence-corrected chi connectivity index (χ1v) is 7.43. The Kier molecular flexibility index (Phi) is 3.77. The molecule has 0 aromatic carbocycles. The van der Waals surface area contributed by atoms with Gasteiger partial charge in [-0.2, -0.15) is 0 Å². The summed E-state index contributed by atoms with van der Waals surface area (Å²) in [6, 6.07) is 1.83. The zero-order valence-electron chi connectivity index (χ0n) is 9.98. The van der Waals surface area contributed by atoms with Crippen molar-refractivity contribution in [2.75, 3.05) is 13.1 Å². The van der Waals surface area contributed by atoms with Gasteiger partial charge < -0.3 is 10.0 Å². The van der Waals surface area contributed by atoms with Crippen LogP contribution in [0, 0.1) is 5.41 Å². The highest BCUT2D eigenvalue weighted by Crippen LogP contribution is 2.36. The van der Waals surface area contributed by atoms with Gasteiger partial charge in [0.2, 0.25) is 0 Å². The number of rotatable bonds is 3. The smallest absolute Gasteiger partial charge is 0.311 e. The number of hydrogen-bond donors (Lipinski definition) is 1. The summed E-state index contributed by atoms with van der Waals surface area (Å²) in [7, 11) is 0. The van der Waals surface area contributed by atoms with Crippen molar-refractivity contribution in [3.63, 3.8) is 0 Å². The SMILES string of the molecule is CCC1(C(=O)O)CCN(C(=O)c2sccc2Br)C1. The Bertz CT molecular complexity index is 487. The minimum Gasteiger partial charge on any atom is -0.481 e. The second kappa shape index (κ2) is 5.01. The van der Waals surface area contributed by atoms with Gasteiger partial charge in [0.15, 0.2) is 0 Å². The van der Waals surface area contributed by atoms with E-state index in [0.29, 0.717) is 30.8 Å². The lowest BCUT2D eigenvalue weighted by Crippen LogP contribution is -2.36. The van der Waals surface area contributed by atoms with E-state index in [1.54, 1.807) is 4.90 Å². The van der Waals surface area contributed by atoms with E-state index >= 15 is 0 Å². The quantitative estimate of drug-likeness (QED) is 0.926. The van der Waals surface area contributed by atoms with E-state index in [2.05, 4.69) is 15.9 Å². The lowest BCUT2D eigenvalue weighted by Gasteiger charge is -2.22. The topological polar surface area (TPSA) is 57.6 Å². The number of carboxylic acid groups (broad SMARTS) is 1. The van der Waals surface area contributed by atoms with Gasteiger partial charge in [0.1, 0.15) is 4.88 Å². The standard InChI is InChI=1S/C12H14BrNO3S/c1-2-12(11(16)17)4-5-14(7-12)10(15)9-8(13)3-6-18-9/h3,6H,2,4-5,7H2,1H3,(H,16,17). The third-order valence-electron chi connectivity index (χ3n) is 3.58. The van der Waals surface area contributed by atoms with Crippen molar-refractivity contribution in [1.82, 2.24) is 4.90 Å². The first kappa shape index (κ1) is 13.5. The van der Waals surface area contributed by atoms with Crippen LogP contribution in [0.4, 0.5) is 0 Å². The highest BCUT2D eigenvalue weighted by Gasteiger charge is 2.45. The summed E-state index contributed by atoms with van der Waals surface area (Å²) in [6.07, 6.45) is 1.09. The molecule has 0 radical (unpaired) electrons. The van der Waals surface area contributed by atoms with Crippen LogP contribution in [0.3, 0.4) is 0 Å². The second-order valence-corrected chi connectivity index (χ2v) is 6.28. The van der Waals surface area contributed by atoms with Gasteiger partial charge in [0.25, 0.3) is 5.91 Å². The number of nitrogens with zero attached hydrogens (tertiary/aromatic N) is 1. The van der Waals surface area contributed by atoms with Gasteiger partial charge in [-0.25, -0.2) is 0 Å². The number of carbonyl (C=O) groups excluding carboxylic acids is 1. The molecule has 6 heteroatoms. The summed E-state index contributed by atoms with van der Waals surface area (Å²) < 4.78 is 0.779. The van der Waals surface area contributed by atoms with E-state index in [0.717, 1.165) is 4.47 Å². The second-order valence-electron chi connectivity index (χ2n) is 4.51. The van der Waals surface area contributed by atoms with E-state index in [-0.39, 0.29) is 5.91 Å². The molecule has 1 amide bonds. The molecule has 1 aromatic heterocycles. The molecule has 0 saturated carbocycles. The van der Waals surface area contributed by atoms with Crippen LogP contribution >= 0.6 is 27.3 Å². The Morgan fingerprint density at radius 3 is 2.78 bits per heavy atom. The van der Waals surface area contributed by atoms with Gasteiger partial charge in [-0.05, 0) is 40.2 Å². The fourth-order valence-corrected chi connectivity index (χ4v) is 3.76. The maximum atomic E-state index is 12.3. The third-order valence-corrected chi connectivity index (χ3v) is 5.41. The number of halogens is 1. The van der Waals surface area contributed by atoms with Crippen molar-refractivity contribution in [2.45, 2.75) is 19.8 Å². The molecule has 0 bridgehead atoms. The monoisotopic (exact) mass is 331 g/mol. The van der Waals surface area contributed by atoms with Gasteiger partial charge in [-0.3, -0.25) is 9.59 Å². The molecule has 0 spiro atoms. The molecule has 1 aromatic rings. The molecule has 2 rings (SSSR count). The van der Waals surface area contributed by atoms with Crippen LogP contribution in [0.2, 0.25) is 0 Å². The summed E-state index contributed by atoms with van der Waals surface area (Å²) in [4.78, 5) is 25.9. The predicted octanol–water partition coefficient (Wildman–Crippen LogP) is 2.84.